The minimum atomic E-state index is -1.11. The van der Waals surface area contributed by atoms with Crippen molar-refractivity contribution in [3.8, 4) is 5.75 Å². The van der Waals surface area contributed by atoms with Gasteiger partial charge in [0, 0.05) is 13.1 Å². The molecule has 0 spiro atoms. The van der Waals surface area contributed by atoms with Crippen molar-refractivity contribution in [3.05, 3.63) is 66.6 Å². The number of phenols is 1. The maximum atomic E-state index is 10.3. The number of hydrogen-bond donors (Lipinski definition) is 4. The smallest absolute Gasteiger partial charge is 0.339 e. The molecule has 24 heavy (non-hydrogen) atoms. The molecule has 5 heteroatoms. The molecule has 0 atom stereocenters. The fraction of sp³-hybridized carbons (Fsp3) is 0.316. The van der Waals surface area contributed by atoms with Crippen LogP contribution in [0.5, 0.6) is 5.75 Å². The van der Waals surface area contributed by atoms with Crippen LogP contribution in [0.1, 0.15) is 23.2 Å². The van der Waals surface area contributed by atoms with E-state index in [1.165, 1.54) is 25.0 Å². The van der Waals surface area contributed by atoms with E-state index in [1.807, 2.05) is 12.2 Å². The molecule has 130 valence electrons. The highest BCUT2D eigenvalue weighted by atomic mass is 16.4. The summed E-state index contributed by atoms with van der Waals surface area (Å²) in [5, 5.41) is 23.9. The molecular weight excluding hydrogens is 304 g/mol. The standard InChI is InChI=1S/C12H20N2.C7H6O3/c1-3-5-9-13-11-7-8-12-14-10-6-4-2;8-6-4-2-1-3-5(6)7(9)10/h5-6,13-14H,1-2,7-12H2;1-4,8H,(H,9,10). The summed E-state index contributed by atoms with van der Waals surface area (Å²) in [6, 6.07) is 5.81. The zero-order valence-electron chi connectivity index (χ0n) is 13.9. The van der Waals surface area contributed by atoms with E-state index in [1.54, 1.807) is 12.1 Å². The van der Waals surface area contributed by atoms with Crippen LogP contribution in [0, 0.1) is 0 Å². The number of hydrogen-bond acceptors (Lipinski definition) is 4. The summed E-state index contributed by atoms with van der Waals surface area (Å²) in [7, 11) is 0. The second kappa shape index (κ2) is 15.3. The van der Waals surface area contributed by atoms with Crippen molar-refractivity contribution in [2.75, 3.05) is 26.2 Å². The molecule has 0 saturated carbocycles. The minimum absolute atomic E-state index is 0.0671. The Balaban J connectivity index is 0.000000463. The largest absolute Gasteiger partial charge is 0.507 e. The van der Waals surface area contributed by atoms with Crippen LogP contribution in [0.2, 0.25) is 0 Å². The van der Waals surface area contributed by atoms with E-state index in [-0.39, 0.29) is 11.3 Å². The Hall–Kier alpha value is -2.55. The minimum Gasteiger partial charge on any atom is -0.507 e. The fourth-order valence-electron chi connectivity index (χ4n) is 1.65. The van der Waals surface area contributed by atoms with E-state index >= 15 is 0 Å². The van der Waals surface area contributed by atoms with Gasteiger partial charge >= 0.3 is 5.97 Å². The van der Waals surface area contributed by atoms with Gasteiger partial charge in [-0.05, 0) is 50.2 Å². The summed E-state index contributed by atoms with van der Waals surface area (Å²) in [4.78, 5) is 10.3. The number of aromatic carboxylic acids is 1. The maximum absolute atomic E-state index is 10.3. The third-order valence-electron chi connectivity index (χ3n) is 2.87. The highest BCUT2D eigenvalue weighted by molar-refractivity contribution is 5.90. The number of benzene rings is 1. The number of aromatic hydroxyl groups is 1. The summed E-state index contributed by atoms with van der Waals surface area (Å²) in [5.41, 5.74) is 5.39. The Morgan fingerprint density at radius 1 is 1.04 bits per heavy atom. The van der Waals surface area contributed by atoms with Crippen LogP contribution in [0.15, 0.2) is 61.0 Å². The van der Waals surface area contributed by atoms with Gasteiger partial charge in [0.15, 0.2) is 0 Å². The predicted octanol–water partition coefficient (Wildman–Crippen LogP) is 2.72. The normalized spacial score (nSPS) is 9.00. The number of carboxylic acid groups (broad SMARTS) is 1. The Labute approximate surface area is 143 Å². The summed E-state index contributed by atoms with van der Waals surface area (Å²) < 4.78 is 0. The number of rotatable bonds is 10. The Bertz CT molecular complexity index is 548. The van der Waals surface area contributed by atoms with E-state index < -0.39 is 5.97 Å². The first-order chi connectivity index (χ1) is 11.6. The number of unbranched alkanes of at least 4 members (excludes halogenated alkanes) is 1. The van der Waals surface area contributed by atoms with Gasteiger partial charge in [-0.15, -0.1) is 11.5 Å². The molecule has 0 bridgehead atoms. The quantitative estimate of drug-likeness (QED) is 0.392. The van der Waals surface area contributed by atoms with Crippen LogP contribution in [-0.2, 0) is 0 Å². The van der Waals surface area contributed by atoms with Crippen LogP contribution in [0.4, 0.5) is 0 Å². The molecule has 0 heterocycles. The lowest BCUT2D eigenvalue weighted by molar-refractivity contribution is 0.0693. The lowest BCUT2D eigenvalue weighted by Crippen LogP contribution is -2.18. The number of carboxylic acids is 1. The molecule has 0 radical (unpaired) electrons. The van der Waals surface area contributed by atoms with Crippen LogP contribution in [0.3, 0.4) is 0 Å². The molecule has 4 N–H and O–H groups in total. The fourth-order valence-corrected chi connectivity index (χ4v) is 1.65. The van der Waals surface area contributed by atoms with Crippen LogP contribution in [0.25, 0.3) is 0 Å². The van der Waals surface area contributed by atoms with Gasteiger partial charge in [-0.3, -0.25) is 0 Å². The first kappa shape index (κ1) is 21.4. The molecule has 1 rings (SSSR count). The second-order valence-electron chi connectivity index (χ2n) is 4.75. The zero-order valence-corrected chi connectivity index (χ0v) is 13.9. The first-order valence-corrected chi connectivity index (χ1v) is 7.74. The summed E-state index contributed by atoms with van der Waals surface area (Å²) in [6.07, 6.45) is 6.17. The van der Waals surface area contributed by atoms with Crippen molar-refractivity contribution in [1.82, 2.24) is 10.6 Å². The van der Waals surface area contributed by atoms with Crippen molar-refractivity contribution in [2.45, 2.75) is 12.8 Å². The SMILES string of the molecule is C=C=CCNCCCCNCC=C=C.O=C(O)c1ccccc1O. The van der Waals surface area contributed by atoms with Gasteiger partial charge in [0.2, 0.25) is 0 Å². The number of nitrogens with one attached hydrogen (secondary N) is 2. The van der Waals surface area contributed by atoms with Crippen LogP contribution < -0.4 is 10.6 Å². The summed E-state index contributed by atoms with van der Waals surface area (Å²) >= 11 is 0. The lowest BCUT2D eigenvalue weighted by Gasteiger charge is -2.02. The Morgan fingerprint density at radius 3 is 1.92 bits per heavy atom. The van der Waals surface area contributed by atoms with Crippen LogP contribution in [-0.4, -0.2) is 42.4 Å². The number of carbonyl (C=O) groups is 1. The molecule has 0 aliphatic heterocycles. The van der Waals surface area contributed by atoms with E-state index in [0.717, 1.165) is 26.2 Å². The van der Waals surface area contributed by atoms with Crippen molar-refractivity contribution < 1.29 is 15.0 Å². The molecule has 0 aliphatic rings. The van der Waals surface area contributed by atoms with E-state index in [2.05, 4.69) is 35.3 Å². The molecule has 1 aromatic carbocycles. The highest BCUT2D eigenvalue weighted by Crippen LogP contribution is 2.14. The predicted molar refractivity (Wildman–Crippen MR) is 97.5 cm³/mol. The van der Waals surface area contributed by atoms with Gasteiger partial charge < -0.3 is 20.8 Å². The zero-order chi connectivity index (χ0) is 18.0. The Morgan fingerprint density at radius 2 is 1.54 bits per heavy atom. The van der Waals surface area contributed by atoms with Gasteiger partial charge in [0.1, 0.15) is 11.3 Å². The molecule has 0 amide bonds. The molecule has 0 unspecified atom stereocenters. The summed E-state index contributed by atoms with van der Waals surface area (Å²) in [6.45, 7) is 10.8. The van der Waals surface area contributed by atoms with E-state index in [9.17, 15) is 4.79 Å². The highest BCUT2D eigenvalue weighted by Gasteiger charge is 2.05. The first-order valence-electron chi connectivity index (χ1n) is 7.74. The molecule has 0 aromatic heterocycles. The molecule has 0 aliphatic carbocycles. The van der Waals surface area contributed by atoms with Gasteiger partial charge in [0.05, 0.1) is 0 Å². The monoisotopic (exact) mass is 330 g/mol. The van der Waals surface area contributed by atoms with E-state index in [0.29, 0.717) is 0 Å². The second-order valence-corrected chi connectivity index (χ2v) is 4.75. The molecule has 0 fully saturated rings. The third kappa shape index (κ3) is 12.0. The van der Waals surface area contributed by atoms with Gasteiger partial charge in [-0.25, -0.2) is 4.79 Å². The van der Waals surface area contributed by atoms with Crippen LogP contribution >= 0.6 is 0 Å². The van der Waals surface area contributed by atoms with Crippen molar-refractivity contribution in [3.63, 3.8) is 0 Å². The topological polar surface area (TPSA) is 81.6 Å². The molecular formula is C19H26N2O3. The average molecular weight is 330 g/mol. The third-order valence-corrected chi connectivity index (χ3v) is 2.87. The van der Waals surface area contributed by atoms with Gasteiger partial charge in [-0.1, -0.05) is 25.3 Å². The van der Waals surface area contributed by atoms with Crippen molar-refractivity contribution >= 4 is 5.97 Å². The molecule has 5 nitrogen and oxygen atoms in total. The Kier molecular flexibility index (Phi) is 13.7. The lowest BCUT2D eigenvalue weighted by atomic mass is 10.2. The van der Waals surface area contributed by atoms with E-state index in [4.69, 9.17) is 10.2 Å². The van der Waals surface area contributed by atoms with Gasteiger partial charge in [-0.2, -0.15) is 0 Å². The maximum Gasteiger partial charge on any atom is 0.339 e. The van der Waals surface area contributed by atoms with Crippen molar-refractivity contribution in [2.24, 2.45) is 0 Å². The molecule has 1 aromatic rings. The number of para-hydroxylation sites is 1. The van der Waals surface area contributed by atoms with Crippen molar-refractivity contribution in [1.29, 1.82) is 0 Å². The summed E-state index contributed by atoms with van der Waals surface area (Å²) in [5.74, 6) is -1.31. The van der Waals surface area contributed by atoms with Gasteiger partial charge in [0.25, 0.3) is 0 Å². The molecule has 0 saturated heterocycles. The average Bonchev–Trinajstić information content (AvgIpc) is 2.57.